The minimum atomic E-state index is 0.0749. The zero-order chi connectivity index (χ0) is 15.9. The third kappa shape index (κ3) is 4.78. The van der Waals surface area contributed by atoms with Gasteiger partial charge in [0, 0.05) is 31.2 Å². The number of aliphatic hydroxyl groups is 1. The molecule has 0 radical (unpaired) electrons. The van der Waals surface area contributed by atoms with Gasteiger partial charge < -0.3 is 20.5 Å². The quantitative estimate of drug-likeness (QED) is 0.699. The van der Waals surface area contributed by atoms with E-state index in [1.807, 2.05) is 0 Å². The molecule has 2 fully saturated rings. The zero-order valence-electron chi connectivity index (χ0n) is 13.8. The molecule has 2 aliphatic rings. The van der Waals surface area contributed by atoms with Crippen LogP contribution in [0.25, 0.3) is 0 Å². The van der Waals surface area contributed by atoms with E-state index in [4.69, 9.17) is 9.84 Å². The summed E-state index contributed by atoms with van der Waals surface area (Å²) in [6, 6.07) is 2.58. The number of ether oxygens (including phenoxy) is 1. The first-order valence-electron chi connectivity index (χ1n) is 8.93. The molecule has 0 bridgehead atoms. The summed E-state index contributed by atoms with van der Waals surface area (Å²) < 4.78 is 5.50. The molecule has 6 heteroatoms. The molecule has 1 aliphatic carbocycles. The molecule has 1 aromatic heterocycles. The Labute approximate surface area is 138 Å². The van der Waals surface area contributed by atoms with Gasteiger partial charge in [-0.25, -0.2) is 4.98 Å². The fourth-order valence-corrected chi connectivity index (χ4v) is 3.40. The van der Waals surface area contributed by atoms with Crippen LogP contribution in [0.3, 0.4) is 0 Å². The van der Waals surface area contributed by atoms with Crippen molar-refractivity contribution in [2.24, 2.45) is 0 Å². The Kier molecular flexibility index (Phi) is 6.05. The topological polar surface area (TPSA) is 79.3 Å². The Morgan fingerprint density at radius 2 is 1.96 bits per heavy atom. The molecule has 1 saturated heterocycles. The first kappa shape index (κ1) is 16.5. The van der Waals surface area contributed by atoms with Gasteiger partial charge in [-0.05, 0) is 19.3 Å². The van der Waals surface area contributed by atoms with Crippen molar-refractivity contribution in [2.75, 3.05) is 37.0 Å². The maximum absolute atomic E-state index is 9.02. The molecule has 3 N–H and O–H groups in total. The van der Waals surface area contributed by atoms with Crippen LogP contribution in [0.2, 0.25) is 0 Å². The molecule has 1 aliphatic heterocycles. The van der Waals surface area contributed by atoms with Crippen LogP contribution in [-0.4, -0.2) is 47.5 Å². The lowest BCUT2D eigenvalue weighted by atomic mass is 10.0. The third-order valence-corrected chi connectivity index (χ3v) is 4.70. The Hall–Kier alpha value is -1.40. The average molecular weight is 320 g/mol. The maximum Gasteiger partial charge on any atom is 0.224 e. The van der Waals surface area contributed by atoms with Gasteiger partial charge in [0.15, 0.2) is 0 Å². The second-order valence-corrected chi connectivity index (χ2v) is 6.55. The van der Waals surface area contributed by atoms with Crippen LogP contribution in [0.4, 0.5) is 11.8 Å². The molecule has 1 unspecified atom stereocenters. The zero-order valence-corrected chi connectivity index (χ0v) is 13.8. The van der Waals surface area contributed by atoms with Crippen molar-refractivity contribution < 1.29 is 9.84 Å². The Morgan fingerprint density at radius 3 is 2.65 bits per heavy atom. The molecule has 23 heavy (non-hydrogen) atoms. The van der Waals surface area contributed by atoms with Crippen molar-refractivity contribution in [1.29, 1.82) is 0 Å². The standard InChI is InChI=1S/C17H28N4O2/c22-9-8-18-17-20-15(13-7-10-23-12-13)11-16(21-17)19-14-5-3-1-2-4-6-14/h11,13-14,22H,1-10,12H2,(H2,18,19,20,21). The minimum Gasteiger partial charge on any atom is -0.395 e. The fourth-order valence-electron chi connectivity index (χ4n) is 3.40. The van der Waals surface area contributed by atoms with E-state index in [9.17, 15) is 0 Å². The van der Waals surface area contributed by atoms with Crippen LogP contribution in [-0.2, 0) is 4.74 Å². The number of nitrogens with zero attached hydrogens (tertiary/aromatic N) is 2. The summed E-state index contributed by atoms with van der Waals surface area (Å²) >= 11 is 0. The van der Waals surface area contributed by atoms with E-state index in [1.165, 1.54) is 38.5 Å². The van der Waals surface area contributed by atoms with Crippen molar-refractivity contribution in [2.45, 2.75) is 56.9 Å². The summed E-state index contributed by atoms with van der Waals surface area (Å²) in [4.78, 5) is 9.19. The molecule has 0 spiro atoms. The predicted octanol–water partition coefficient (Wildman–Crippen LogP) is 2.52. The van der Waals surface area contributed by atoms with Gasteiger partial charge in [-0.2, -0.15) is 4.98 Å². The SMILES string of the molecule is OCCNc1nc(NC2CCCCCC2)cc(C2CCOC2)n1. The molecule has 1 saturated carbocycles. The minimum absolute atomic E-state index is 0.0749. The highest BCUT2D eigenvalue weighted by atomic mass is 16.5. The highest BCUT2D eigenvalue weighted by Crippen LogP contribution is 2.27. The van der Waals surface area contributed by atoms with E-state index in [0.717, 1.165) is 31.1 Å². The lowest BCUT2D eigenvalue weighted by Gasteiger charge is -2.19. The highest BCUT2D eigenvalue weighted by Gasteiger charge is 2.21. The van der Waals surface area contributed by atoms with E-state index in [1.54, 1.807) is 0 Å². The van der Waals surface area contributed by atoms with Gasteiger partial charge in [0.2, 0.25) is 5.95 Å². The van der Waals surface area contributed by atoms with Gasteiger partial charge in [-0.3, -0.25) is 0 Å². The summed E-state index contributed by atoms with van der Waals surface area (Å²) in [5.74, 6) is 1.84. The van der Waals surface area contributed by atoms with Crippen LogP contribution in [0, 0.1) is 0 Å². The van der Waals surface area contributed by atoms with Crippen molar-refractivity contribution >= 4 is 11.8 Å². The number of nitrogens with one attached hydrogen (secondary N) is 2. The van der Waals surface area contributed by atoms with Gasteiger partial charge in [-0.15, -0.1) is 0 Å². The predicted molar refractivity (Wildman–Crippen MR) is 90.9 cm³/mol. The molecule has 3 rings (SSSR count). The van der Waals surface area contributed by atoms with E-state index < -0.39 is 0 Å². The van der Waals surface area contributed by atoms with Crippen molar-refractivity contribution in [1.82, 2.24) is 9.97 Å². The third-order valence-electron chi connectivity index (χ3n) is 4.70. The largest absolute Gasteiger partial charge is 0.395 e. The lowest BCUT2D eigenvalue weighted by Crippen LogP contribution is -2.20. The summed E-state index contributed by atoms with van der Waals surface area (Å²) in [7, 11) is 0. The van der Waals surface area contributed by atoms with E-state index in [0.29, 0.717) is 24.5 Å². The van der Waals surface area contributed by atoms with Gasteiger partial charge in [0.05, 0.1) is 18.9 Å². The van der Waals surface area contributed by atoms with Crippen molar-refractivity contribution in [3.05, 3.63) is 11.8 Å². The number of hydrogen-bond acceptors (Lipinski definition) is 6. The van der Waals surface area contributed by atoms with Gasteiger partial charge in [0.25, 0.3) is 0 Å². The summed E-state index contributed by atoms with van der Waals surface area (Å²) in [6.45, 7) is 2.08. The molecule has 0 amide bonds. The molecule has 1 atom stereocenters. The molecule has 128 valence electrons. The maximum atomic E-state index is 9.02. The van der Waals surface area contributed by atoms with Gasteiger partial charge in [-0.1, -0.05) is 25.7 Å². The Balaban J connectivity index is 1.74. The number of aromatic nitrogens is 2. The van der Waals surface area contributed by atoms with E-state index in [2.05, 4.69) is 26.7 Å². The van der Waals surface area contributed by atoms with Crippen LogP contribution >= 0.6 is 0 Å². The van der Waals surface area contributed by atoms with E-state index in [-0.39, 0.29) is 6.61 Å². The first-order chi connectivity index (χ1) is 11.3. The Morgan fingerprint density at radius 1 is 1.13 bits per heavy atom. The van der Waals surface area contributed by atoms with Crippen LogP contribution < -0.4 is 10.6 Å². The summed E-state index contributed by atoms with van der Waals surface area (Å²) in [5, 5.41) is 15.7. The van der Waals surface area contributed by atoms with Crippen LogP contribution in [0.5, 0.6) is 0 Å². The molecular formula is C17H28N4O2. The Bertz CT molecular complexity index is 483. The van der Waals surface area contributed by atoms with Gasteiger partial charge >= 0.3 is 0 Å². The number of rotatable bonds is 6. The summed E-state index contributed by atoms with van der Waals surface area (Å²) in [6.07, 6.45) is 8.71. The van der Waals surface area contributed by atoms with Crippen molar-refractivity contribution in [3.8, 4) is 0 Å². The molecule has 1 aromatic rings. The average Bonchev–Trinajstić information content (AvgIpc) is 2.99. The fraction of sp³-hybridized carbons (Fsp3) is 0.765. The second-order valence-electron chi connectivity index (χ2n) is 6.55. The second kappa shape index (κ2) is 8.45. The van der Waals surface area contributed by atoms with Gasteiger partial charge in [0.1, 0.15) is 5.82 Å². The number of aliphatic hydroxyl groups excluding tert-OH is 1. The first-order valence-corrected chi connectivity index (χ1v) is 8.93. The number of anilines is 2. The molecule has 0 aromatic carbocycles. The smallest absolute Gasteiger partial charge is 0.224 e. The monoisotopic (exact) mass is 320 g/mol. The van der Waals surface area contributed by atoms with Crippen LogP contribution in [0.15, 0.2) is 6.07 Å². The summed E-state index contributed by atoms with van der Waals surface area (Å²) in [5.41, 5.74) is 1.04. The van der Waals surface area contributed by atoms with Crippen molar-refractivity contribution in [3.63, 3.8) is 0 Å². The lowest BCUT2D eigenvalue weighted by molar-refractivity contribution is 0.193. The highest BCUT2D eigenvalue weighted by molar-refractivity contribution is 5.44. The van der Waals surface area contributed by atoms with Crippen LogP contribution in [0.1, 0.15) is 56.6 Å². The molecule has 6 nitrogen and oxygen atoms in total. The number of hydrogen-bond donors (Lipinski definition) is 3. The van der Waals surface area contributed by atoms with E-state index >= 15 is 0 Å². The molecular weight excluding hydrogens is 292 g/mol. The molecule has 2 heterocycles. The normalized spacial score (nSPS) is 22.7.